The lowest BCUT2D eigenvalue weighted by molar-refractivity contribution is 0.557. The first-order chi connectivity index (χ1) is 4.34. The van der Waals surface area contributed by atoms with Gasteiger partial charge in [0.1, 0.15) is 0 Å². The monoisotopic (exact) mass is 159 g/mol. The van der Waals surface area contributed by atoms with Crippen molar-refractivity contribution < 1.29 is 4.79 Å². The number of thiol groups is 1. The zero-order chi connectivity index (χ0) is 6.69. The first-order valence-electron chi connectivity index (χ1n) is 2.73. The predicted octanol–water partition coefficient (Wildman–Crippen LogP) is 1.42. The van der Waals surface area contributed by atoms with Crippen LogP contribution in [0, 0.1) is 0 Å². The maximum atomic E-state index is 10.0. The molecule has 1 rings (SSSR count). The average Bonchev–Trinajstić information content (AvgIpc) is 2.37. The number of rotatable bonds is 2. The summed E-state index contributed by atoms with van der Waals surface area (Å²) >= 11 is 5.71. The molecule has 0 amide bonds. The van der Waals surface area contributed by atoms with Crippen molar-refractivity contribution in [2.45, 2.75) is 11.7 Å². The fourth-order valence-corrected chi connectivity index (χ4v) is 1.93. The summed E-state index contributed by atoms with van der Waals surface area (Å²) in [5, 5.41) is -0.294. The van der Waals surface area contributed by atoms with Crippen molar-refractivity contribution in [3.05, 3.63) is 11.0 Å². The van der Waals surface area contributed by atoms with Crippen LogP contribution >= 0.6 is 24.4 Å². The molecule has 1 unspecified atom stereocenters. The van der Waals surface area contributed by atoms with E-state index >= 15 is 0 Å². The van der Waals surface area contributed by atoms with Gasteiger partial charge in [-0.15, -0.1) is 11.8 Å². The van der Waals surface area contributed by atoms with Gasteiger partial charge in [0.2, 0.25) is 6.29 Å². The van der Waals surface area contributed by atoms with Crippen LogP contribution in [0.2, 0.25) is 0 Å². The lowest BCUT2D eigenvalue weighted by Gasteiger charge is -1.98. The quantitative estimate of drug-likeness (QED) is 0.614. The first kappa shape index (κ1) is 7.22. The fourth-order valence-electron chi connectivity index (χ4n) is 0.686. The van der Waals surface area contributed by atoms with Crippen molar-refractivity contribution in [3.8, 4) is 0 Å². The molecule has 1 nitrogen and oxygen atoms in total. The smallest absolute Gasteiger partial charge is 0.217 e. The van der Waals surface area contributed by atoms with E-state index in [1.54, 1.807) is 11.8 Å². The van der Waals surface area contributed by atoms with Gasteiger partial charge in [-0.05, 0) is 6.42 Å². The summed E-state index contributed by atoms with van der Waals surface area (Å²) in [5.74, 6) is 1.09. The van der Waals surface area contributed by atoms with Gasteiger partial charge in [-0.1, -0.05) is 6.08 Å². The molecule has 0 spiro atoms. The maximum absolute atomic E-state index is 10.0. The third kappa shape index (κ3) is 1.76. The highest BCUT2D eigenvalue weighted by atomic mass is 32.2. The van der Waals surface area contributed by atoms with E-state index in [-0.39, 0.29) is 5.25 Å². The van der Waals surface area contributed by atoms with E-state index in [1.807, 2.05) is 12.4 Å². The van der Waals surface area contributed by atoms with Gasteiger partial charge in [0.05, 0.1) is 5.25 Å². The van der Waals surface area contributed by atoms with Crippen molar-refractivity contribution in [1.82, 2.24) is 0 Å². The Morgan fingerprint density at radius 2 is 2.67 bits per heavy atom. The Kier molecular flexibility index (Phi) is 2.66. The third-order valence-electron chi connectivity index (χ3n) is 1.11. The first-order valence-corrected chi connectivity index (χ1v) is 4.23. The highest BCUT2D eigenvalue weighted by Gasteiger charge is 2.12. The minimum atomic E-state index is -0.294. The number of allylic oxidation sites excluding steroid dienone is 1. The molecule has 3 heteroatoms. The van der Waals surface area contributed by atoms with Crippen molar-refractivity contribution in [3.63, 3.8) is 0 Å². The molecule has 0 fully saturated rings. The molecule has 49 valence electrons. The zero-order valence-electron chi connectivity index (χ0n) is 4.83. The van der Waals surface area contributed by atoms with Crippen molar-refractivity contribution in [2.75, 3.05) is 5.75 Å². The second-order valence-corrected chi connectivity index (χ2v) is 3.45. The maximum Gasteiger partial charge on any atom is 0.217 e. The van der Waals surface area contributed by atoms with Crippen LogP contribution in [0.15, 0.2) is 11.0 Å². The topological polar surface area (TPSA) is 17.1 Å². The van der Waals surface area contributed by atoms with E-state index in [1.165, 1.54) is 0 Å². The lowest BCUT2D eigenvalue weighted by atomic mass is 10.3. The minimum absolute atomic E-state index is 0.294. The summed E-state index contributed by atoms with van der Waals surface area (Å²) in [6.45, 7) is 0. The SMILES string of the molecule is O=[C]C(S)C1=CCCS1. The highest BCUT2D eigenvalue weighted by Crippen LogP contribution is 2.28. The fraction of sp³-hybridized carbons (Fsp3) is 0.500. The van der Waals surface area contributed by atoms with Gasteiger partial charge >= 0.3 is 0 Å². The van der Waals surface area contributed by atoms with Crippen molar-refractivity contribution in [2.24, 2.45) is 0 Å². The summed E-state index contributed by atoms with van der Waals surface area (Å²) in [5.41, 5.74) is 0. The van der Waals surface area contributed by atoms with Gasteiger partial charge in [0, 0.05) is 10.7 Å². The predicted molar refractivity (Wildman–Crippen MR) is 43.6 cm³/mol. The molecule has 9 heavy (non-hydrogen) atoms. The van der Waals surface area contributed by atoms with Crippen LogP contribution < -0.4 is 0 Å². The van der Waals surface area contributed by atoms with Crippen LogP contribution in [0.25, 0.3) is 0 Å². The standard InChI is InChI=1S/C6H7OS2/c7-4-5(8)6-2-1-3-9-6/h2,5,8H,1,3H2. The zero-order valence-corrected chi connectivity index (χ0v) is 6.54. The van der Waals surface area contributed by atoms with E-state index < -0.39 is 0 Å². The highest BCUT2D eigenvalue weighted by molar-refractivity contribution is 8.04. The van der Waals surface area contributed by atoms with Crippen molar-refractivity contribution >= 4 is 30.7 Å². The van der Waals surface area contributed by atoms with Crippen molar-refractivity contribution in [1.29, 1.82) is 0 Å². The molecule has 0 bridgehead atoms. The molecule has 0 aromatic rings. The van der Waals surface area contributed by atoms with E-state index in [9.17, 15) is 4.79 Å². The molecule has 0 aliphatic carbocycles. The molecule has 0 aromatic heterocycles. The normalized spacial score (nSPS) is 21.2. The number of hydrogen-bond donors (Lipinski definition) is 1. The van der Waals surface area contributed by atoms with Crippen LogP contribution in [-0.4, -0.2) is 17.3 Å². The number of hydrogen-bond acceptors (Lipinski definition) is 3. The summed E-state index contributed by atoms with van der Waals surface area (Å²) in [4.78, 5) is 11.1. The Hall–Kier alpha value is 0.110. The lowest BCUT2D eigenvalue weighted by Crippen LogP contribution is -1.98. The van der Waals surface area contributed by atoms with Gasteiger partial charge in [0.15, 0.2) is 0 Å². The van der Waals surface area contributed by atoms with Gasteiger partial charge in [0.25, 0.3) is 0 Å². The molecule has 1 heterocycles. The van der Waals surface area contributed by atoms with Gasteiger partial charge in [-0.3, -0.25) is 4.79 Å². The summed E-state index contributed by atoms with van der Waals surface area (Å²) < 4.78 is 0. The Labute approximate surface area is 64.3 Å². The van der Waals surface area contributed by atoms with Gasteiger partial charge in [-0.25, -0.2) is 0 Å². The third-order valence-corrected chi connectivity index (χ3v) is 2.85. The Bertz CT molecular complexity index is 142. The Morgan fingerprint density at radius 3 is 3.11 bits per heavy atom. The van der Waals surface area contributed by atoms with Crippen LogP contribution in [0.4, 0.5) is 0 Å². The average molecular weight is 159 g/mol. The molecular formula is C6H7OS2. The molecule has 0 N–H and O–H groups in total. The van der Waals surface area contributed by atoms with Crippen LogP contribution in [-0.2, 0) is 4.79 Å². The van der Waals surface area contributed by atoms with Crippen LogP contribution in [0.5, 0.6) is 0 Å². The molecule has 1 atom stereocenters. The second-order valence-electron chi connectivity index (χ2n) is 1.76. The van der Waals surface area contributed by atoms with Gasteiger partial charge < -0.3 is 0 Å². The van der Waals surface area contributed by atoms with Crippen LogP contribution in [0.1, 0.15) is 6.42 Å². The number of carbonyl (C=O) groups excluding carboxylic acids is 1. The largest absolute Gasteiger partial charge is 0.289 e. The molecule has 0 saturated carbocycles. The Balaban J connectivity index is 2.50. The van der Waals surface area contributed by atoms with E-state index in [4.69, 9.17) is 0 Å². The molecular weight excluding hydrogens is 152 g/mol. The van der Waals surface area contributed by atoms with E-state index in [0.717, 1.165) is 17.1 Å². The Morgan fingerprint density at radius 1 is 1.89 bits per heavy atom. The van der Waals surface area contributed by atoms with E-state index in [0.29, 0.717) is 0 Å². The molecule has 0 aromatic carbocycles. The molecule has 1 aliphatic rings. The molecule has 0 saturated heterocycles. The van der Waals surface area contributed by atoms with Gasteiger partial charge in [-0.2, -0.15) is 12.6 Å². The second kappa shape index (κ2) is 3.32. The summed E-state index contributed by atoms with van der Waals surface area (Å²) in [6.07, 6.45) is 4.95. The number of thioether (sulfide) groups is 1. The summed E-state index contributed by atoms with van der Waals surface area (Å²) in [6, 6.07) is 0. The minimum Gasteiger partial charge on any atom is -0.289 e. The summed E-state index contributed by atoms with van der Waals surface area (Å²) in [7, 11) is 0. The van der Waals surface area contributed by atoms with Crippen LogP contribution in [0.3, 0.4) is 0 Å². The molecule has 1 aliphatic heterocycles. The van der Waals surface area contributed by atoms with E-state index in [2.05, 4.69) is 12.6 Å². The molecule has 1 radical (unpaired) electrons.